The highest BCUT2D eigenvalue weighted by Gasteiger charge is 2.31. The molecule has 1 atom stereocenters. The molecule has 0 aliphatic rings. The summed E-state index contributed by atoms with van der Waals surface area (Å²) in [5, 5.41) is 9.93. The van der Waals surface area contributed by atoms with E-state index in [-0.39, 0.29) is 16.3 Å². The van der Waals surface area contributed by atoms with E-state index in [4.69, 9.17) is 11.6 Å². The predicted molar refractivity (Wildman–Crippen MR) is 58.0 cm³/mol. The first-order valence-corrected chi connectivity index (χ1v) is 5.44. The highest BCUT2D eigenvalue weighted by molar-refractivity contribution is 6.31. The van der Waals surface area contributed by atoms with Crippen LogP contribution in [-0.4, -0.2) is 11.5 Å². The molecule has 6 heteroatoms. The zero-order chi connectivity index (χ0) is 13.1. The van der Waals surface area contributed by atoms with Crippen LogP contribution in [0.2, 0.25) is 5.02 Å². The van der Waals surface area contributed by atoms with Gasteiger partial charge in [0.05, 0.1) is 6.10 Å². The average molecular weight is 269 g/mol. The molecule has 0 amide bonds. The lowest BCUT2D eigenvalue weighted by Crippen LogP contribution is -2.17. The Balaban J connectivity index is 2.94. The Kier molecular flexibility index (Phi) is 4.65. The molecule has 1 aromatic rings. The van der Waals surface area contributed by atoms with Crippen molar-refractivity contribution in [3.8, 4) is 5.75 Å². The maximum Gasteiger partial charge on any atom is 0.573 e. The number of halogens is 4. The van der Waals surface area contributed by atoms with Gasteiger partial charge >= 0.3 is 6.36 Å². The topological polar surface area (TPSA) is 29.5 Å². The fourth-order valence-electron chi connectivity index (χ4n) is 1.40. The Morgan fingerprint density at radius 1 is 1.41 bits per heavy atom. The van der Waals surface area contributed by atoms with Gasteiger partial charge in [-0.05, 0) is 24.6 Å². The van der Waals surface area contributed by atoms with Gasteiger partial charge in [0.1, 0.15) is 5.75 Å². The lowest BCUT2D eigenvalue weighted by Gasteiger charge is -2.14. The van der Waals surface area contributed by atoms with Crippen LogP contribution >= 0.6 is 11.6 Å². The van der Waals surface area contributed by atoms with Gasteiger partial charge in [0, 0.05) is 10.6 Å². The van der Waals surface area contributed by atoms with E-state index in [1.165, 1.54) is 6.07 Å². The van der Waals surface area contributed by atoms with Crippen LogP contribution in [-0.2, 0) is 0 Å². The first-order chi connectivity index (χ1) is 7.83. The van der Waals surface area contributed by atoms with Gasteiger partial charge < -0.3 is 9.84 Å². The van der Waals surface area contributed by atoms with E-state index >= 15 is 0 Å². The number of benzene rings is 1. The molecule has 1 rings (SSSR count). The maximum absolute atomic E-state index is 12.0. The predicted octanol–water partition coefficient (Wildman–Crippen LogP) is 4.07. The molecule has 0 spiro atoms. The SMILES string of the molecule is CCCC(O)c1cc(OC(F)(F)F)ccc1Cl. The monoisotopic (exact) mass is 268 g/mol. The Hall–Kier alpha value is -0.940. The van der Waals surface area contributed by atoms with Crippen LogP contribution in [0.4, 0.5) is 13.2 Å². The van der Waals surface area contributed by atoms with E-state index in [0.717, 1.165) is 12.1 Å². The van der Waals surface area contributed by atoms with Crippen LogP contribution in [0.15, 0.2) is 18.2 Å². The van der Waals surface area contributed by atoms with Crippen molar-refractivity contribution >= 4 is 11.6 Å². The van der Waals surface area contributed by atoms with Crippen molar-refractivity contribution in [1.82, 2.24) is 0 Å². The standard InChI is InChI=1S/C11H12ClF3O2/c1-2-3-10(16)8-6-7(4-5-9(8)12)17-11(13,14)15/h4-6,10,16H,2-3H2,1H3. The summed E-state index contributed by atoms with van der Waals surface area (Å²) in [6, 6.07) is 3.49. The van der Waals surface area contributed by atoms with E-state index in [1.54, 1.807) is 0 Å². The molecule has 0 fully saturated rings. The van der Waals surface area contributed by atoms with E-state index in [9.17, 15) is 18.3 Å². The first-order valence-electron chi connectivity index (χ1n) is 5.06. The van der Waals surface area contributed by atoms with E-state index in [0.29, 0.717) is 12.8 Å². The minimum absolute atomic E-state index is 0.223. The van der Waals surface area contributed by atoms with Crippen LogP contribution in [0, 0.1) is 0 Å². The molecule has 2 nitrogen and oxygen atoms in total. The van der Waals surface area contributed by atoms with Crippen molar-refractivity contribution in [2.24, 2.45) is 0 Å². The zero-order valence-electron chi connectivity index (χ0n) is 9.09. The van der Waals surface area contributed by atoms with Crippen molar-refractivity contribution in [3.63, 3.8) is 0 Å². The Labute approximate surface area is 102 Å². The van der Waals surface area contributed by atoms with Gasteiger partial charge in [-0.2, -0.15) is 0 Å². The van der Waals surface area contributed by atoms with Crippen molar-refractivity contribution in [3.05, 3.63) is 28.8 Å². The molecule has 0 saturated carbocycles. The first kappa shape index (κ1) is 14.1. The average Bonchev–Trinajstić information content (AvgIpc) is 2.19. The molecular weight excluding hydrogens is 257 g/mol. The lowest BCUT2D eigenvalue weighted by molar-refractivity contribution is -0.274. The normalized spacial score (nSPS) is 13.5. The molecule has 0 aliphatic carbocycles. The summed E-state index contributed by atoms with van der Waals surface area (Å²) < 4.78 is 39.8. The summed E-state index contributed by atoms with van der Waals surface area (Å²) >= 11 is 5.80. The number of ether oxygens (including phenoxy) is 1. The third kappa shape index (κ3) is 4.44. The number of hydrogen-bond acceptors (Lipinski definition) is 2. The molecule has 96 valence electrons. The second-order valence-electron chi connectivity index (χ2n) is 3.54. The van der Waals surface area contributed by atoms with Crippen LogP contribution < -0.4 is 4.74 Å². The summed E-state index contributed by atoms with van der Waals surface area (Å²) in [5.41, 5.74) is 0.246. The highest BCUT2D eigenvalue weighted by atomic mass is 35.5. The van der Waals surface area contributed by atoms with Gasteiger partial charge in [0.15, 0.2) is 0 Å². The van der Waals surface area contributed by atoms with E-state index in [1.807, 2.05) is 6.92 Å². The molecule has 1 aromatic carbocycles. The summed E-state index contributed by atoms with van der Waals surface area (Å²) in [6.45, 7) is 1.85. The summed E-state index contributed by atoms with van der Waals surface area (Å²) in [7, 11) is 0. The van der Waals surface area contributed by atoms with Gasteiger partial charge in [-0.3, -0.25) is 0 Å². The Morgan fingerprint density at radius 3 is 2.59 bits per heavy atom. The minimum Gasteiger partial charge on any atom is -0.406 e. The number of alkyl halides is 3. The molecule has 0 aliphatic heterocycles. The zero-order valence-corrected chi connectivity index (χ0v) is 9.85. The van der Waals surface area contributed by atoms with Crippen LogP contribution in [0.25, 0.3) is 0 Å². The molecule has 0 heterocycles. The molecule has 1 N–H and O–H groups in total. The molecule has 0 radical (unpaired) electrons. The smallest absolute Gasteiger partial charge is 0.406 e. The Morgan fingerprint density at radius 2 is 2.06 bits per heavy atom. The highest BCUT2D eigenvalue weighted by Crippen LogP contribution is 2.32. The summed E-state index contributed by atoms with van der Waals surface area (Å²) in [5.74, 6) is -0.382. The van der Waals surface area contributed by atoms with Gasteiger partial charge in [-0.25, -0.2) is 0 Å². The Bertz CT molecular complexity index is 379. The number of aliphatic hydroxyl groups excluding tert-OH is 1. The number of rotatable bonds is 4. The fourth-order valence-corrected chi connectivity index (χ4v) is 1.65. The van der Waals surface area contributed by atoms with Crippen molar-refractivity contribution < 1.29 is 23.0 Å². The number of hydrogen-bond donors (Lipinski definition) is 1. The number of aliphatic hydroxyl groups is 1. The second kappa shape index (κ2) is 5.60. The van der Waals surface area contributed by atoms with Crippen LogP contribution in [0.1, 0.15) is 31.4 Å². The molecule has 17 heavy (non-hydrogen) atoms. The lowest BCUT2D eigenvalue weighted by atomic mass is 10.1. The van der Waals surface area contributed by atoms with Gasteiger partial charge in [0.2, 0.25) is 0 Å². The minimum atomic E-state index is -4.75. The second-order valence-corrected chi connectivity index (χ2v) is 3.94. The third-order valence-electron chi connectivity index (χ3n) is 2.12. The van der Waals surface area contributed by atoms with Crippen LogP contribution in [0.5, 0.6) is 5.75 Å². The quantitative estimate of drug-likeness (QED) is 0.892. The molecular formula is C11H12ClF3O2. The molecule has 0 bridgehead atoms. The van der Waals surface area contributed by atoms with Crippen LogP contribution in [0.3, 0.4) is 0 Å². The maximum atomic E-state index is 12.0. The van der Waals surface area contributed by atoms with E-state index in [2.05, 4.69) is 4.74 Å². The summed E-state index contributed by atoms with van der Waals surface area (Å²) in [6.07, 6.45) is -4.51. The van der Waals surface area contributed by atoms with Crippen molar-refractivity contribution in [2.75, 3.05) is 0 Å². The van der Waals surface area contributed by atoms with Crippen molar-refractivity contribution in [2.45, 2.75) is 32.2 Å². The van der Waals surface area contributed by atoms with Gasteiger partial charge in [-0.15, -0.1) is 13.2 Å². The van der Waals surface area contributed by atoms with Gasteiger partial charge in [0.25, 0.3) is 0 Å². The molecule has 1 unspecified atom stereocenters. The summed E-state index contributed by atoms with van der Waals surface area (Å²) in [4.78, 5) is 0. The molecule has 0 aromatic heterocycles. The van der Waals surface area contributed by atoms with Crippen molar-refractivity contribution in [1.29, 1.82) is 0 Å². The third-order valence-corrected chi connectivity index (χ3v) is 2.47. The largest absolute Gasteiger partial charge is 0.573 e. The van der Waals surface area contributed by atoms with E-state index < -0.39 is 12.5 Å². The fraction of sp³-hybridized carbons (Fsp3) is 0.455. The molecule has 0 saturated heterocycles. The van der Waals surface area contributed by atoms with Gasteiger partial charge in [-0.1, -0.05) is 24.9 Å².